The third-order valence-corrected chi connectivity index (χ3v) is 4.22. The number of ether oxygens (including phenoxy) is 1. The molecule has 130 valence electrons. The predicted molar refractivity (Wildman–Crippen MR) is 101 cm³/mol. The predicted octanol–water partition coefficient (Wildman–Crippen LogP) is 4.17. The smallest absolute Gasteiger partial charge is 0.319 e. The molecule has 2 aromatic carbocycles. The number of para-hydroxylation sites is 1. The molecule has 2 amide bonds. The summed E-state index contributed by atoms with van der Waals surface area (Å²) < 4.78 is 7.26. The van der Waals surface area contributed by atoms with Gasteiger partial charge in [-0.1, -0.05) is 48.5 Å². The van der Waals surface area contributed by atoms with Gasteiger partial charge in [0, 0.05) is 25.2 Å². The molecule has 1 atom stereocenters. The average molecular weight is 337 g/mol. The molecular formula is C20H23N3O2. The molecule has 0 saturated heterocycles. The van der Waals surface area contributed by atoms with Crippen LogP contribution in [0.5, 0.6) is 0 Å². The Balaban J connectivity index is 1.75. The highest BCUT2D eigenvalue weighted by Crippen LogP contribution is 2.26. The number of aromatic nitrogens is 1. The summed E-state index contributed by atoms with van der Waals surface area (Å²) in [6, 6.07) is 17.6. The normalized spacial score (nSPS) is 12.1. The van der Waals surface area contributed by atoms with E-state index >= 15 is 0 Å². The van der Waals surface area contributed by atoms with E-state index in [1.807, 2.05) is 67.7 Å². The van der Waals surface area contributed by atoms with Crippen molar-refractivity contribution in [3.63, 3.8) is 0 Å². The maximum atomic E-state index is 12.4. The molecular weight excluding hydrogens is 314 g/mol. The fourth-order valence-corrected chi connectivity index (χ4v) is 2.90. The number of methoxy groups -OCH3 is 1. The van der Waals surface area contributed by atoms with Crippen molar-refractivity contribution in [2.45, 2.75) is 19.5 Å². The summed E-state index contributed by atoms with van der Waals surface area (Å²) in [4.78, 5) is 12.4. The van der Waals surface area contributed by atoms with Crippen LogP contribution in [0.15, 0.2) is 60.8 Å². The number of carbonyl (C=O) groups excluding carboxylic acids is 1. The topological polar surface area (TPSA) is 55.3 Å². The fourth-order valence-electron chi connectivity index (χ4n) is 2.90. The Labute approximate surface area is 147 Å². The first-order chi connectivity index (χ1) is 12.2. The van der Waals surface area contributed by atoms with Crippen molar-refractivity contribution >= 4 is 22.6 Å². The monoisotopic (exact) mass is 337 g/mol. The molecule has 0 aliphatic carbocycles. The van der Waals surface area contributed by atoms with E-state index in [4.69, 9.17) is 4.74 Å². The highest BCUT2D eigenvalue weighted by molar-refractivity contribution is 6.01. The average Bonchev–Trinajstić information content (AvgIpc) is 2.98. The summed E-state index contributed by atoms with van der Waals surface area (Å²) in [6.45, 7) is 3.33. The minimum atomic E-state index is -0.217. The summed E-state index contributed by atoms with van der Waals surface area (Å²) in [5.41, 5.74) is 2.94. The van der Waals surface area contributed by atoms with Crippen LogP contribution >= 0.6 is 0 Å². The molecule has 0 saturated carbocycles. The molecule has 0 spiro atoms. The molecule has 5 nitrogen and oxygen atoms in total. The Kier molecular flexibility index (Phi) is 5.36. The van der Waals surface area contributed by atoms with E-state index in [-0.39, 0.29) is 12.1 Å². The maximum Gasteiger partial charge on any atom is 0.319 e. The molecule has 25 heavy (non-hydrogen) atoms. The zero-order valence-corrected chi connectivity index (χ0v) is 14.5. The Morgan fingerprint density at radius 2 is 1.84 bits per heavy atom. The number of benzene rings is 2. The second-order valence-corrected chi connectivity index (χ2v) is 5.98. The van der Waals surface area contributed by atoms with E-state index in [1.165, 1.54) is 0 Å². The molecule has 0 fully saturated rings. The largest absolute Gasteiger partial charge is 0.383 e. The molecule has 3 aromatic rings. The maximum absolute atomic E-state index is 12.4. The number of rotatable bonds is 6. The van der Waals surface area contributed by atoms with Crippen molar-refractivity contribution in [1.29, 1.82) is 0 Å². The molecule has 1 heterocycles. The van der Waals surface area contributed by atoms with Gasteiger partial charge in [-0.15, -0.1) is 0 Å². The van der Waals surface area contributed by atoms with Crippen LogP contribution in [0.25, 0.3) is 10.9 Å². The van der Waals surface area contributed by atoms with Crippen LogP contribution in [0.1, 0.15) is 18.5 Å². The Hall–Kier alpha value is -2.79. The molecule has 0 aliphatic heterocycles. The van der Waals surface area contributed by atoms with E-state index in [2.05, 4.69) is 15.2 Å². The minimum absolute atomic E-state index is 0.0666. The van der Waals surface area contributed by atoms with E-state index in [0.29, 0.717) is 6.61 Å². The first-order valence-electron chi connectivity index (χ1n) is 8.38. The molecule has 0 unspecified atom stereocenters. The van der Waals surface area contributed by atoms with E-state index in [1.54, 1.807) is 7.11 Å². The standard InChI is InChI=1S/C20H23N3O2/c1-15(16-8-4-3-5-9-16)21-20(24)22-18-14-23(12-13-25-2)19-11-7-6-10-17(18)19/h3-11,14-15H,12-13H2,1-2H3,(H2,21,22,24)/t15-/m1/s1. The van der Waals surface area contributed by atoms with Gasteiger partial charge >= 0.3 is 6.03 Å². The van der Waals surface area contributed by atoms with Crippen LogP contribution in [0.3, 0.4) is 0 Å². The third-order valence-electron chi connectivity index (χ3n) is 4.22. The fraction of sp³-hybridized carbons (Fsp3) is 0.250. The van der Waals surface area contributed by atoms with Crippen molar-refractivity contribution in [3.8, 4) is 0 Å². The molecule has 5 heteroatoms. The van der Waals surface area contributed by atoms with Gasteiger partial charge in [0.2, 0.25) is 0 Å². The van der Waals surface area contributed by atoms with Crippen LogP contribution in [0.2, 0.25) is 0 Å². The number of hydrogen-bond donors (Lipinski definition) is 2. The summed E-state index contributed by atoms with van der Waals surface area (Å²) in [7, 11) is 1.68. The lowest BCUT2D eigenvalue weighted by molar-refractivity contribution is 0.188. The summed E-state index contributed by atoms with van der Waals surface area (Å²) in [6.07, 6.45) is 1.95. The lowest BCUT2D eigenvalue weighted by Gasteiger charge is -2.14. The van der Waals surface area contributed by atoms with Crippen LogP contribution in [-0.2, 0) is 11.3 Å². The van der Waals surface area contributed by atoms with Gasteiger partial charge in [0.15, 0.2) is 0 Å². The van der Waals surface area contributed by atoms with Gasteiger partial charge in [0.1, 0.15) is 0 Å². The van der Waals surface area contributed by atoms with Crippen LogP contribution in [0.4, 0.5) is 10.5 Å². The number of anilines is 1. The van der Waals surface area contributed by atoms with Crippen LogP contribution in [0, 0.1) is 0 Å². The first kappa shape index (κ1) is 17.0. The van der Waals surface area contributed by atoms with Gasteiger partial charge in [-0.05, 0) is 18.6 Å². The van der Waals surface area contributed by atoms with Crippen LogP contribution in [-0.4, -0.2) is 24.3 Å². The zero-order chi connectivity index (χ0) is 17.6. The lowest BCUT2D eigenvalue weighted by atomic mass is 10.1. The molecule has 1 aromatic heterocycles. The van der Waals surface area contributed by atoms with Crippen LogP contribution < -0.4 is 10.6 Å². The number of carbonyl (C=O) groups is 1. The van der Waals surface area contributed by atoms with E-state index < -0.39 is 0 Å². The van der Waals surface area contributed by atoms with Gasteiger partial charge in [-0.25, -0.2) is 4.79 Å². The van der Waals surface area contributed by atoms with Gasteiger partial charge in [-0.2, -0.15) is 0 Å². The Morgan fingerprint density at radius 1 is 1.12 bits per heavy atom. The first-order valence-corrected chi connectivity index (χ1v) is 8.38. The highest BCUT2D eigenvalue weighted by atomic mass is 16.5. The van der Waals surface area contributed by atoms with Gasteiger partial charge in [-0.3, -0.25) is 0 Å². The van der Waals surface area contributed by atoms with Crippen molar-refractivity contribution in [1.82, 2.24) is 9.88 Å². The molecule has 3 rings (SSSR count). The van der Waals surface area contributed by atoms with Gasteiger partial charge in [0.25, 0.3) is 0 Å². The number of nitrogens with zero attached hydrogens (tertiary/aromatic N) is 1. The minimum Gasteiger partial charge on any atom is -0.383 e. The number of nitrogens with one attached hydrogen (secondary N) is 2. The van der Waals surface area contributed by atoms with Crippen molar-refractivity contribution in [3.05, 3.63) is 66.4 Å². The number of hydrogen-bond acceptors (Lipinski definition) is 2. The second-order valence-electron chi connectivity index (χ2n) is 5.98. The van der Waals surface area contributed by atoms with E-state index in [9.17, 15) is 4.79 Å². The molecule has 2 N–H and O–H groups in total. The molecule has 0 aliphatic rings. The lowest BCUT2D eigenvalue weighted by Crippen LogP contribution is -2.31. The number of urea groups is 1. The Morgan fingerprint density at radius 3 is 2.60 bits per heavy atom. The third kappa shape index (κ3) is 4.00. The quantitative estimate of drug-likeness (QED) is 0.709. The summed E-state index contributed by atoms with van der Waals surface area (Å²) in [5.74, 6) is 0. The van der Waals surface area contributed by atoms with Gasteiger partial charge in [0.05, 0.1) is 23.9 Å². The SMILES string of the molecule is COCCn1cc(NC(=O)N[C@H](C)c2ccccc2)c2ccccc21. The summed E-state index contributed by atoms with van der Waals surface area (Å²) in [5, 5.41) is 6.96. The van der Waals surface area contributed by atoms with Crippen molar-refractivity contribution < 1.29 is 9.53 Å². The molecule has 0 bridgehead atoms. The second kappa shape index (κ2) is 7.85. The molecule has 0 radical (unpaired) electrons. The number of fused-ring (bicyclic) bond motifs is 1. The van der Waals surface area contributed by atoms with Crippen molar-refractivity contribution in [2.75, 3.05) is 19.0 Å². The zero-order valence-electron chi connectivity index (χ0n) is 14.5. The summed E-state index contributed by atoms with van der Waals surface area (Å²) >= 11 is 0. The van der Waals surface area contributed by atoms with Gasteiger partial charge < -0.3 is 19.9 Å². The highest BCUT2D eigenvalue weighted by Gasteiger charge is 2.13. The number of amides is 2. The Bertz CT molecular complexity index is 843. The van der Waals surface area contributed by atoms with E-state index in [0.717, 1.165) is 28.7 Å². The van der Waals surface area contributed by atoms with Crippen molar-refractivity contribution in [2.24, 2.45) is 0 Å².